The van der Waals surface area contributed by atoms with Gasteiger partial charge in [-0.25, -0.2) is 0 Å². The molecule has 2 aromatic rings. The van der Waals surface area contributed by atoms with Crippen molar-refractivity contribution in [3.63, 3.8) is 0 Å². The van der Waals surface area contributed by atoms with Gasteiger partial charge in [0.1, 0.15) is 0 Å². The van der Waals surface area contributed by atoms with Crippen molar-refractivity contribution in [1.29, 1.82) is 0 Å². The number of hydrogen-bond acceptors (Lipinski definition) is 2. The summed E-state index contributed by atoms with van der Waals surface area (Å²) in [4.78, 5) is 1.54. The van der Waals surface area contributed by atoms with Crippen molar-refractivity contribution >= 4 is 127 Å². The minimum absolute atomic E-state index is 0.152. The summed E-state index contributed by atoms with van der Waals surface area (Å²) in [6, 6.07) is 3.89. The Bertz CT molecular complexity index is 702. The second kappa shape index (κ2) is 8.61. The van der Waals surface area contributed by atoms with Crippen LogP contribution in [0.25, 0.3) is 0 Å². The highest BCUT2D eigenvalue weighted by Crippen LogP contribution is 2.53. The van der Waals surface area contributed by atoms with E-state index in [2.05, 4.69) is 47.8 Å². The van der Waals surface area contributed by atoms with Crippen molar-refractivity contribution in [3.8, 4) is 0 Å². The zero-order chi connectivity index (χ0) is 16.6. The summed E-state index contributed by atoms with van der Waals surface area (Å²) in [5.41, 5.74) is 0. The topological polar surface area (TPSA) is 0 Å². The predicted octanol–water partition coefficient (Wildman–Crippen LogP) is 10.0. The molecule has 0 radical (unpaired) electrons. The maximum Gasteiger partial charge on any atom is 0.0809 e. The Morgan fingerprint density at radius 1 is 0.591 bits per heavy atom. The van der Waals surface area contributed by atoms with Crippen LogP contribution < -0.4 is 0 Å². The molecule has 0 unspecified atom stereocenters. The Morgan fingerprint density at radius 3 is 1.41 bits per heavy atom. The normalized spacial score (nSPS) is 11.1. The average molecular weight is 627 g/mol. The zero-order valence-corrected chi connectivity index (χ0v) is 20.2. The average Bonchev–Trinajstić information content (AvgIpc) is 2.45. The molecular weight excluding hydrogens is 625 g/mol. The molecule has 0 spiro atoms. The first-order chi connectivity index (χ1) is 10.2. The Labute approximate surface area is 185 Å². The van der Waals surface area contributed by atoms with E-state index >= 15 is 0 Å². The van der Waals surface area contributed by atoms with Gasteiger partial charge in [-0.1, -0.05) is 84.7 Å². The molecule has 118 valence electrons. The van der Waals surface area contributed by atoms with Crippen LogP contribution in [-0.2, 0) is 0 Å². The van der Waals surface area contributed by atoms with E-state index in [1.807, 2.05) is 12.1 Å². The summed E-state index contributed by atoms with van der Waals surface area (Å²) < 4.78 is 2.79. The van der Waals surface area contributed by atoms with Crippen LogP contribution in [0.3, 0.4) is 0 Å². The van der Waals surface area contributed by atoms with E-state index in [0.29, 0.717) is 4.90 Å². The van der Waals surface area contributed by atoms with Crippen LogP contribution in [0.5, 0.6) is 0 Å². The molecule has 0 saturated heterocycles. The summed E-state index contributed by atoms with van der Waals surface area (Å²) in [5.74, 6) is 0. The minimum atomic E-state index is 0.152. The van der Waals surface area contributed by atoms with Gasteiger partial charge in [-0.3, -0.25) is 0 Å². The van der Waals surface area contributed by atoms with Gasteiger partial charge in [-0.05, 0) is 54.8 Å². The van der Waals surface area contributed by atoms with E-state index in [4.69, 9.17) is 58.0 Å². The van der Waals surface area contributed by atoms with Crippen molar-refractivity contribution in [1.82, 2.24) is 0 Å². The summed E-state index contributed by atoms with van der Waals surface area (Å²) in [7, 11) is 2.81. The molecule has 2 rings (SSSR count). The van der Waals surface area contributed by atoms with Gasteiger partial charge in [0, 0.05) is 18.3 Å². The van der Waals surface area contributed by atoms with Gasteiger partial charge in [0.25, 0.3) is 0 Å². The lowest BCUT2D eigenvalue weighted by molar-refractivity contribution is 1.35. The highest BCUT2D eigenvalue weighted by molar-refractivity contribution is 9.11. The van der Waals surface area contributed by atoms with Crippen LogP contribution in [0.1, 0.15) is 0 Å². The van der Waals surface area contributed by atoms with E-state index in [1.165, 1.54) is 21.6 Å². The standard InChI is InChI=1S/C12H2Br3Cl5S2/c13-3-1-4(14)11(5(15)2-3)21-22-12-9(19)7(17)6(16)8(18)10(12)20/h1-2H. The number of rotatable bonds is 3. The highest BCUT2D eigenvalue weighted by Gasteiger charge is 2.21. The Kier molecular flexibility index (Phi) is 7.96. The van der Waals surface area contributed by atoms with Gasteiger partial charge in [0.05, 0.1) is 30.0 Å². The summed E-state index contributed by atoms with van der Waals surface area (Å²) >= 11 is 41.0. The Balaban J connectivity index is 2.38. The molecule has 22 heavy (non-hydrogen) atoms. The molecule has 0 aliphatic rings. The molecule has 10 heteroatoms. The SMILES string of the molecule is Clc1c(Cl)c(Cl)c(SSc2c(Br)cc(Br)cc2Br)c(Cl)c1Cl. The first kappa shape index (κ1) is 20.3. The fourth-order valence-corrected chi connectivity index (χ4v) is 8.83. The van der Waals surface area contributed by atoms with Gasteiger partial charge in [0.2, 0.25) is 0 Å². The van der Waals surface area contributed by atoms with Gasteiger partial charge < -0.3 is 0 Å². The molecule has 0 aliphatic heterocycles. The summed E-state index contributed by atoms with van der Waals surface area (Å²) in [6.45, 7) is 0. The van der Waals surface area contributed by atoms with E-state index in [-0.39, 0.29) is 25.1 Å². The molecule has 0 bridgehead atoms. The Morgan fingerprint density at radius 2 is 0.955 bits per heavy atom. The van der Waals surface area contributed by atoms with Gasteiger partial charge in [0.15, 0.2) is 0 Å². The third-order valence-electron chi connectivity index (χ3n) is 2.34. The second-order valence-corrected chi connectivity index (χ2v) is 10.4. The molecule has 0 fully saturated rings. The molecule has 0 atom stereocenters. The molecule has 0 amide bonds. The monoisotopic (exact) mass is 622 g/mol. The third kappa shape index (κ3) is 4.40. The van der Waals surface area contributed by atoms with Gasteiger partial charge >= 0.3 is 0 Å². The molecule has 0 N–H and O–H groups in total. The van der Waals surface area contributed by atoms with Crippen molar-refractivity contribution in [2.45, 2.75) is 9.79 Å². The molecule has 0 heterocycles. The lowest BCUT2D eigenvalue weighted by Gasteiger charge is -2.12. The Hall–Kier alpha value is 2.03. The minimum Gasteiger partial charge on any atom is -0.0813 e. The molecular formula is C12H2Br3Cl5S2. The number of benzene rings is 2. The van der Waals surface area contributed by atoms with Crippen LogP contribution in [0.4, 0.5) is 0 Å². The highest BCUT2D eigenvalue weighted by atomic mass is 79.9. The van der Waals surface area contributed by atoms with Crippen LogP contribution in [-0.4, -0.2) is 0 Å². The lowest BCUT2D eigenvalue weighted by Crippen LogP contribution is -1.83. The molecule has 0 aromatic heterocycles. The van der Waals surface area contributed by atoms with Gasteiger partial charge in [-0.2, -0.15) is 0 Å². The quantitative estimate of drug-likeness (QED) is 0.189. The summed E-state index contributed by atoms with van der Waals surface area (Å²) in [6.07, 6.45) is 0. The fourth-order valence-electron chi connectivity index (χ4n) is 1.35. The maximum absolute atomic E-state index is 6.22. The molecule has 2 aromatic carbocycles. The second-order valence-electron chi connectivity index (χ2n) is 3.76. The molecule has 0 saturated carbocycles. The lowest BCUT2D eigenvalue weighted by atomic mass is 10.3. The van der Waals surface area contributed by atoms with Crippen molar-refractivity contribution in [2.24, 2.45) is 0 Å². The van der Waals surface area contributed by atoms with E-state index in [1.54, 1.807) is 0 Å². The van der Waals surface area contributed by atoms with Crippen molar-refractivity contribution in [2.75, 3.05) is 0 Å². The number of halogens is 8. The molecule has 0 nitrogen and oxygen atoms in total. The van der Waals surface area contributed by atoms with Gasteiger partial charge in [-0.15, -0.1) is 0 Å². The van der Waals surface area contributed by atoms with Crippen LogP contribution in [0, 0.1) is 0 Å². The van der Waals surface area contributed by atoms with Crippen LogP contribution in [0.15, 0.2) is 35.3 Å². The van der Waals surface area contributed by atoms with E-state index < -0.39 is 0 Å². The maximum atomic E-state index is 6.22. The smallest absolute Gasteiger partial charge is 0.0809 e. The molecule has 0 aliphatic carbocycles. The van der Waals surface area contributed by atoms with Crippen molar-refractivity contribution < 1.29 is 0 Å². The zero-order valence-electron chi connectivity index (χ0n) is 9.99. The first-order valence-electron chi connectivity index (χ1n) is 5.24. The number of hydrogen-bond donors (Lipinski definition) is 0. The van der Waals surface area contributed by atoms with Crippen molar-refractivity contribution in [3.05, 3.63) is 50.7 Å². The van der Waals surface area contributed by atoms with Crippen LogP contribution >= 0.6 is 127 Å². The summed E-state index contributed by atoms with van der Waals surface area (Å²) in [5, 5.41) is 1.09. The fraction of sp³-hybridized carbons (Fsp3) is 0. The predicted molar refractivity (Wildman–Crippen MR) is 113 cm³/mol. The largest absolute Gasteiger partial charge is 0.0813 e. The first-order valence-corrected chi connectivity index (χ1v) is 11.7. The van der Waals surface area contributed by atoms with E-state index in [9.17, 15) is 0 Å². The van der Waals surface area contributed by atoms with Crippen LogP contribution in [0.2, 0.25) is 25.1 Å². The van der Waals surface area contributed by atoms with E-state index in [0.717, 1.165) is 18.3 Å². The third-order valence-corrected chi connectivity index (χ3v) is 9.59.